The van der Waals surface area contributed by atoms with Crippen LogP contribution in [-0.2, 0) is 19.0 Å². The summed E-state index contributed by atoms with van der Waals surface area (Å²) in [5.41, 5.74) is -2.39. The maximum atomic E-state index is 13.3. The monoisotopic (exact) mass is 381 g/mol. The molecule has 1 aliphatic heterocycles. The van der Waals surface area contributed by atoms with Crippen LogP contribution in [0, 0.1) is 5.82 Å². The molecule has 0 radical (unpaired) electrons. The Morgan fingerprint density at radius 2 is 1.63 bits per heavy atom. The van der Waals surface area contributed by atoms with Gasteiger partial charge in [0.1, 0.15) is 23.1 Å². The minimum Gasteiger partial charge on any atom is -0.458 e. The third-order valence-electron chi connectivity index (χ3n) is 3.89. The number of carbonyl (C=O) groups excluding carboxylic acids is 2. The molecule has 1 aromatic rings. The van der Waals surface area contributed by atoms with E-state index in [4.69, 9.17) is 14.2 Å². The summed E-state index contributed by atoms with van der Waals surface area (Å²) in [6.45, 7) is 10.7. The van der Waals surface area contributed by atoms with Crippen molar-refractivity contribution in [2.45, 2.75) is 70.8 Å². The lowest BCUT2D eigenvalue weighted by Gasteiger charge is -2.36. The highest BCUT2D eigenvalue weighted by Gasteiger charge is 2.55. The summed E-state index contributed by atoms with van der Waals surface area (Å²) in [6.07, 6.45) is -1.35. The van der Waals surface area contributed by atoms with Gasteiger partial charge in [0.05, 0.1) is 6.61 Å². The Morgan fingerprint density at radius 3 is 2.15 bits per heavy atom. The molecular formula is C20H28FNO5. The summed E-state index contributed by atoms with van der Waals surface area (Å²) in [5, 5.41) is 2.68. The van der Waals surface area contributed by atoms with Crippen LogP contribution in [0.2, 0.25) is 0 Å². The average molecular weight is 381 g/mol. The number of nitrogens with one attached hydrogen (secondary N) is 1. The SMILES string of the molecule is CC(C)(C)OC(=O)N[C@@]1(C(=O)OC(C)(C)C)CCO[C@@H]1c1ccc(F)cc1. The van der Waals surface area contributed by atoms with E-state index < -0.39 is 40.7 Å². The molecule has 1 saturated heterocycles. The summed E-state index contributed by atoms with van der Waals surface area (Å²) in [7, 11) is 0. The molecule has 27 heavy (non-hydrogen) atoms. The topological polar surface area (TPSA) is 73.9 Å². The highest BCUT2D eigenvalue weighted by atomic mass is 19.1. The number of amides is 1. The Bertz CT molecular complexity index is 690. The normalized spacial score (nSPS) is 23.0. The second-order valence-corrected chi connectivity index (χ2v) is 8.65. The molecule has 1 fully saturated rings. The molecule has 1 heterocycles. The molecule has 6 nitrogen and oxygen atoms in total. The first-order chi connectivity index (χ1) is 12.3. The van der Waals surface area contributed by atoms with Gasteiger partial charge in [-0.05, 0) is 59.2 Å². The molecule has 0 unspecified atom stereocenters. The van der Waals surface area contributed by atoms with E-state index >= 15 is 0 Å². The third-order valence-corrected chi connectivity index (χ3v) is 3.89. The number of benzene rings is 1. The number of ether oxygens (including phenoxy) is 3. The van der Waals surface area contributed by atoms with Crippen LogP contribution in [0.25, 0.3) is 0 Å². The van der Waals surface area contributed by atoms with Crippen LogP contribution in [0.3, 0.4) is 0 Å². The fraction of sp³-hybridized carbons (Fsp3) is 0.600. The van der Waals surface area contributed by atoms with Crippen molar-refractivity contribution in [3.05, 3.63) is 35.6 Å². The minimum atomic E-state index is -1.46. The van der Waals surface area contributed by atoms with E-state index in [9.17, 15) is 14.0 Å². The molecule has 0 bridgehead atoms. The van der Waals surface area contributed by atoms with Crippen LogP contribution in [0.5, 0.6) is 0 Å². The van der Waals surface area contributed by atoms with E-state index in [1.54, 1.807) is 41.5 Å². The zero-order valence-electron chi connectivity index (χ0n) is 16.7. The van der Waals surface area contributed by atoms with Crippen LogP contribution in [0.15, 0.2) is 24.3 Å². The quantitative estimate of drug-likeness (QED) is 0.804. The summed E-state index contributed by atoms with van der Waals surface area (Å²) < 4.78 is 30.0. The fourth-order valence-corrected chi connectivity index (χ4v) is 2.87. The molecule has 2 atom stereocenters. The first-order valence-electron chi connectivity index (χ1n) is 8.94. The van der Waals surface area contributed by atoms with Gasteiger partial charge < -0.3 is 19.5 Å². The number of hydrogen-bond acceptors (Lipinski definition) is 5. The lowest BCUT2D eigenvalue weighted by atomic mass is 9.86. The molecule has 0 spiro atoms. The second kappa shape index (κ2) is 7.46. The Kier molecular flexibility index (Phi) is 5.85. The molecule has 1 N–H and O–H groups in total. The lowest BCUT2D eigenvalue weighted by molar-refractivity contribution is -0.166. The van der Waals surface area contributed by atoms with Crippen molar-refractivity contribution in [3.63, 3.8) is 0 Å². The maximum Gasteiger partial charge on any atom is 0.408 e. The molecule has 0 aromatic heterocycles. The Balaban J connectivity index is 2.40. The van der Waals surface area contributed by atoms with Gasteiger partial charge in [0.15, 0.2) is 5.54 Å². The van der Waals surface area contributed by atoms with Gasteiger partial charge in [0.25, 0.3) is 0 Å². The summed E-state index contributed by atoms with van der Waals surface area (Å²) in [4.78, 5) is 25.6. The van der Waals surface area contributed by atoms with Gasteiger partial charge in [-0.2, -0.15) is 0 Å². The van der Waals surface area contributed by atoms with E-state index in [2.05, 4.69) is 5.32 Å². The van der Waals surface area contributed by atoms with Crippen molar-refractivity contribution < 1.29 is 28.2 Å². The van der Waals surface area contributed by atoms with E-state index in [-0.39, 0.29) is 13.0 Å². The first kappa shape index (κ1) is 21.2. The standard InChI is InChI=1S/C20H28FNO5/c1-18(2,3)26-16(23)20(22-17(24)27-19(4,5)6)11-12-25-15(20)13-7-9-14(21)10-8-13/h7-10,15H,11-12H2,1-6H3,(H,22,24)/t15-,20+/m1/s1. The van der Waals surface area contributed by atoms with Crippen LogP contribution in [0.1, 0.15) is 59.6 Å². The van der Waals surface area contributed by atoms with Crippen LogP contribution in [0.4, 0.5) is 9.18 Å². The number of rotatable bonds is 3. The number of hydrogen-bond donors (Lipinski definition) is 1. The van der Waals surface area contributed by atoms with Crippen LogP contribution >= 0.6 is 0 Å². The van der Waals surface area contributed by atoms with Gasteiger partial charge in [-0.15, -0.1) is 0 Å². The predicted octanol–water partition coefficient (Wildman–Crippen LogP) is 3.89. The number of halogens is 1. The Hall–Kier alpha value is -2.15. The van der Waals surface area contributed by atoms with Crippen molar-refractivity contribution in [3.8, 4) is 0 Å². The van der Waals surface area contributed by atoms with Gasteiger partial charge >= 0.3 is 12.1 Å². The zero-order chi connectivity index (χ0) is 20.5. The van der Waals surface area contributed by atoms with Gasteiger partial charge in [-0.1, -0.05) is 12.1 Å². The minimum absolute atomic E-state index is 0.212. The van der Waals surface area contributed by atoms with Crippen LogP contribution < -0.4 is 5.32 Å². The van der Waals surface area contributed by atoms with E-state index in [1.165, 1.54) is 24.3 Å². The van der Waals surface area contributed by atoms with Crippen molar-refractivity contribution in [2.75, 3.05) is 6.61 Å². The van der Waals surface area contributed by atoms with Crippen molar-refractivity contribution in [2.24, 2.45) is 0 Å². The summed E-state index contributed by atoms with van der Waals surface area (Å²) in [6, 6.07) is 5.62. The number of carbonyl (C=O) groups is 2. The summed E-state index contributed by atoms with van der Waals surface area (Å²) >= 11 is 0. The highest BCUT2D eigenvalue weighted by Crippen LogP contribution is 2.40. The molecule has 1 aromatic carbocycles. The Labute approximate surface area is 159 Å². The average Bonchev–Trinajstić information content (AvgIpc) is 2.89. The van der Waals surface area contributed by atoms with Crippen LogP contribution in [-0.4, -0.2) is 35.4 Å². The van der Waals surface area contributed by atoms with Gasteiger partial charge in [0, 0.05) is 6.42 Å². The van der Waals surface area contributed by atoms with E-state index in [0.29, 0.717) is 5.56 Å². The van der Waals surface area contributed by atoms with Crippen molar-refractivity contribution >= 4 is 12.1 Å². The van der Waals surface area contributed by atoms with Gasteiger partial charge in [0.2, 0.25) is 0 Å². The summed E-state index contributed by atoms with van der Waals surface area (Å²) in [5.74, 6) is -1.02. The van der Waals surface area contributed by atoms with E-state index in [0.717, 1.165) is 0 Å². The predicted molar refractivity (Wildman–Crippen MR) is 97.7 cm³/mol. The fourth-order valence-electron chi connectivity index (χ4n) is 2.87. The van der Waals surface area contributed by atoms with Crippen molar-refractivity contribution in [1.82, 2.24) is 5.32 Å². The maximum absolute atomic E-state index is 13.3. The molecule has 2 rings (SSSR count). The molecule has 0 aliphatic carbocycles. The van der Waals surface area contributed by atoms with E-state index in [1.807, 2.05) is 0 Å². The molecular weight excluding hydrogens is 353 g/mol. The third kappa shape index (κ3) is 5.42. The first-order valence-corrected chi connectivity index (χ1v) is 8.94. The van der Waals surface area contributed by atoms with Gasteiger partial charge in [-0.3, -0.25) is 0 Å². The molecule has 0 saturated carbocycles. The zero-order valence-corrected chi connectivity index (χ0v) is 16.7. The molecule has 7 heteroatoms. The lowest BCUT2D eigenvalue weighted by Crippen LogP contribution is -2.59. The largest absolute Gasteiger partial charge is 0.458 e. The Morgan fingerprint density at radius 1 is 1.07 bits per heavy atom. The molecule has 150 valence electrons. The number of alkyl carbamates (subject to hydrolysis) is 1. The highest BCUT2D eigenvalue weighted by molar-refractivity contribution is 5.87. The second-order valence-electron chi connectivity index (χ2n) is 8.65. The molecule has 1 amide bonds. The molecule has 1 aliphatic rings. The van der Waals surface area contributed by atoms with Gasteiger partial charge in [-0.25, -0.2) is 14.0 Å². The number of esters is 1. The van der Waals surface area contributed by atoms with Crippen molar-refractivity contribution in [1.29, 1.82) is 0 Å². The smallest absolute Gasteiger partial charge is 0.408 e.